The molecule has 0 saturated carbocycles. The molecule has 0 aliphatic heterocycles. The quantitative estimate of drug-likeness (QED) is 0.376. The van der Waals surface area contributed by atoms with Gasteiger partial charge in [-0.1, -0.05) is 43.7 Å². The SMILES string of the molecule is COc1ccc2[nH]c(=O)c(CN(Cc3ccc(C)cc3)C(c3nnnn3C(C)(C)C)C(C)C)cc2c1. The number of hydrogen-bond donors (Lipinski definition) is 1. The van der Waals surface area contributed by atoms with Crippen molar-refractivity contribution in [3.8, 4) is 5.75 Å². The highest BCUT2D eigenvalue weighted by Crippen LogP contribution is 2.32. The highest BCUT2D eigenvalue weighted by atomic mass is 16.5. The van der Waals surface area contributed by atoms with Gasteiger partial charge in [0, 0.05) is 29.6 Å². The number of hydrogen-bond acceptors (Lipinski definition) is 6. The van der Waals surface area contributed by atoms with Crippen LogP contribution in [0, 0.1) is 12.8 Å². The molecule has 36 heavy (non-hydrogen) atoms. The molecule has 1 atom stereocenters. The average Bonchev–Trinajstić information content (AvgIpc) is 3.30. The molecule has 8 heteroatoms. The molecular weight excluding hydrogens is 452 g/mol. The van der Waals surface area contributed by atoms with Gasteiger partial charge in [0.05, 0.1) is 18.7 Å². The van der Waals surface area contributed by atoms with Crippen LogP contribution in [0.4, 0.5) is 0 Å². The average molecular weight is 489 g/mol. The summed E-state index contributed by atoms with van der Waals surface area (Å²) in [5, 5.41) is 13.8. The van der Waals surface area contributed by atoms with E-state index in [1.54, 1.807) is 7.11 Å². The first-order valence-electron chi connectivity index (χ1n) is 12.3. The summed E-state index contributed by atoms with van der Waals surface area (Å²) in [5.74, 6) is 1.74. The third-order valence-corrected chi connectivity index (χ3v) is 6.43. The minimum absolute atomic E-state index is 0.0977. The van der Waals surface area contributed by atoms with Gasteiger partial charge in [0.25, 0.3) is 5.56 Å². The van der Waals surface area contributed by atoms with Crippen LogP contribution in [0.25, 0.3) is 10.9 Å². The lowest BCUT2D eigenvalue weighted by atomic mass is 9.98. The Morgan fingerprint density at radius 1 is 1.06 bits per heavy atom. The zero-order chi connectivity index (χ0) is 26.0. The zero-order valence-electron chi connectivity index (χ0n) is 22.2. The van der Waals surface area contributed by atoms with Gasteiger partial charge in [-0.15, -0.1) is 5.10 Å². The fraction of sp³-hybridized carbons (Fsp3) is 0.429. The molecule has 4 aromatic rings. The van der Waals surface area contributed by atoms with E-state index in [1.807, 2.05) is 28.9 Å². The van der Waals surface area contributed by atoms with E-state index in [9.17, 15) is 4.79 Å². The van der Waals surface area contributed by atoms with Crippen molar-refractivity contribution in [2.45, 2.75) is 66.2 Å². The summed E-state index contributed by atoms with van der Waals surface area (Å²) in [7, 11) is 1.64. The van der Waals surface area contributed by atoms with Crippen LogP contribution in [0.1, 0.15) is 63.2 Å². The Hall–Kier alpha value is -3.52. The molecule has 0 aliphatic rings. The second-order valence-corrected chi connectivity index (χ2v) is 10.8. The van der Waals surface area contributed by atoms with Crippen molar-refractivity contribution < 1.29 is 4.74 Å². The fourth-order valence-electron chi connectivity index (χ4n) is 4.61. The molecule has 1 N–H and O–H groups in total. The summed E-state index contributed by atoms with van der Waals surface area (Å²) < 4.78 is 7.30. The number of H-pyrrole nitrogens is 1. The van der Waals surface area contributed by atoms with Gasteiger partial charge in [-0.25, -0.2) is 4.68 Å². The summed E-state index contributed by atoms with van der Waals surface area (Å²) in [5.41, 5.74) is 3.47. The number of benzene rings is 2. The van der Waals surface area contributed by atoms with Crippen LogP contribution in [-0.2, 0) is 18.6 Å². The topological polar surface area (TPSA) is 88.9 Å². The highest BCUT2D eigenvalue weighted by Gasteiger charge is 2.33. The van der Waals surface area contributed by atoms with Crippen molar-refractivity contribution in [2.24, 2.45) is 5.92 Å². The number of fused-ring (bicyclic) bond motifs is 1. The first-order valence-corrected chi connectivity index (χ1v) is 12.3. The van der Waals surface area contributed by atoms with E-state index in [1.165, 1.54) is 11.1 Å². The molecule has 0 saturated heterocycles. The van der Waals surface area contributed by atoms with Gasteiger partial charge in [-0.05, 0) is 73.9 Å². The summed E-state index contributed by atoms with van der Waals surface area (Å²) in [6, 6.07) is 16.0. The van der Waals surface area contributed by atoms with Crippen LogP contribution < -0.4 is 10.3 Å². The predicted molar refractivity (Wildman–Crippen MR) is 142 cm³/mol. The third-order valence-electron chi connectivity index (χ3n) is 6.43. The summed E-state index contributed by atoms with van der Waals surface area (Å²) >= 11 is 0. The second kappa shape index (κ2) is 10.2. The maximum absolute atomic E-state index is 13.2. The number of methoxy groups -OCH3 is 1. The number of aryl methyl sites for hydroxylation is 1. The molecule has 2 heterocycles. The van der Waals surface area contributed by atoms with Gasteiger partial charge < -0.3 is 9.72 Å². The summed E-state index contributed by atoms with van der Waals surface area (Å²) in [6.07, 6.45) is 0. The molecular formula is C28H36N6O2. The molecule has 0 spiro atoms. The summed E-state index contributed by atoms with van der Waals surface area (Å²) in [6.45, 7) is 13.8. The van der Waals surface area contributed by atoms with Gasteiger partial charge in [0.1, 0.15) is 5.75 Å². The minimum Gasteiger partial charge on any atom is -0.497 e. The fourth-order valence-corrected chi connectivity index (χ4v) is 4.61. The smallest absolute Gasteiger partial charge is 0.252 e. The van der Waals surface area contributed by atoms with Crippen LogP contribution in [0.3, 0.4) is 0 Å². The van der Waals surface area contributed by atoms with Gasteiger partial charge in [-0.2, -0.15) is 0 Å². The first kappa shape index (κ1) is 25.6. The molecule has 0 aliphatic carbocycles. The number of aromatic amines is 1. The first-order chi connectivity index (χ1) is 17.1. The van der Waals surface area contributed by atoms with Gasteiger partial charge in [0.2, 0.25) is 0 Å². The van der Waals surface area contributed by atoms with Crippen molar-refractivity contribution in [1.29, 1.82) is 0 Å². The number of pyridine rings is 1. The standard InChI is InChI=1S/C28H36N6O2/c1-18(2)25(26-30-31-32-34(26)28(4,5)6)33(16-20-10-8-19(3)9-11-20)17-22-14-21-15-23(36-7)12-13-24(21)29-27(22)35/h8-15,18,25H,16-17H2,1-7H3,(H,29,35). The third kappa shape index (κ3) is 5.49. The van der Waals surface area contributed by atoms with Crippen LogP contribution in [0.15, 0.2) is 53.3 Å². The van der Waals surface area contributed by atoms with Crippen LogP contribution >= 0.6 is 0 Å². The Bertz CT molecular complexity index is 1380. The number of aromatic nitrogens is 5. The molecule has 0 radical (unpaired) electrons. The second-order valence-electron chi connectivity index (χ2n) is 10.8. The van der Waals surface area contributed by atoms with Crippen LogP contribution in [-0.4, -0.2) is 37.2 Å². The van der Waals surface area contributed by atoms with Gasteiger partial charge in [-0.3, -0.25) is 9.69 Å². The van der Waals surface area contributed by atoms with Crippen molar-refractivity contribution in [3.05, 3.63) is 81.4 Å². The molecule has 190 valence electrons. The Balaban J connectivity index is 1.81. The van der Waals surface area contributed by atoms with E-state index >= 15 is 0 Å². The number of rotatable bonds is 8. The number of ether oxygens (including phenoxy) is 1. The van der Waals surface area contributed by atoms with Crippen LogP contribution in [0.5, 0.6) is 5.75 Å². The molecule has 0 bridgehead atoms. The molecule has 2 aromatic heterocycles. The van der Waals surface area contributed by atoms with E-state index < -0.39 is 0 Å². The lowest BCUT2D eigenvalue weighted by Crippen LogP contribution is -2.37. The molecule has 8 nitrogen and oxygen atoms in total. The van der Waals surface area contributed by atoms with Crippen LogP contribution in [0.2, 0.25) is 0 Å². The van der Waals surface area contributed by atoms with E-state index in [0.717, 1.165) is 22.5 Å². The lowest BCUT2D eigenvalue weighted by Gasteiger charge is -2.35. The van der Waals surface area contributed by atoms with E-state index in [0.29, 0.717) is 18.7 Å². The molecule has 0 amide bonds. The van der Waals surface area contributed by atoms with Gasteiger partial charge >= 0.3 is 0 Å². The normalized spacial score (nSPS) is 13.0. The molecule has 2 aromatic carbocycles. The Morgan fingerprint density at radius 3 is 2.42 bits per heavy atom. The maximum Gasteiger partial charge on any atom is 0.252 e. The number of nitrogens with one attached hydrogen (secondary N) is 1. The van der Waals surface area contributed by atoms with E-state index in [4.69, 9.17) is 4.74 Å². The number of tetrazole rings is 1. The molecule has 1 unspecified atom stereocenters. The monoisotopic (exact) mass is 488 g/mol. The highest BCUT2D eigenvalue weighted by molar-refractivity contribution is 5.80. The minimum atomic E-state index is -0.279. The Kier molecular flexibility index (Phi) is 7.26. The summed E-state index contributed by atoms with van der Waals surface area (Å²) in [4.78, 5) is 18.5. The van der Waals surface area contributed by atoms with Crippen molar-refractivity contribution >= 4 is 10.9 Å². The van der Waals surface area contributed by atoms with Gasteiger partial charge in [0.15, 0.2) is 5.82 Å². The van der Waals surface area contributed by atoms with Crippen molar-refractivity contribution in [3.63, 3.8) is 0 Å². The van der Waals surface area contributed by atoms with E-state index in [-0.39, 0.29) is 23.1 Å². The Morgan fingerprint density at radius 2 is 1.78 bits per heavy atom. The lowest BCUT2D eigenvalue weighted by molar-refractivity contribution is 0.119. The predicted octanol–water partition coefficient (Wildman–Crippen LogP) is 4.99. The number of nitrogens with zero attached hydrogens (tertiary/aromatic N) is 5. The van der Waals surface area contributed by atoms with Crippen molar-refractivity contribution in [1.82, 2.24) is 30.1 Å². The zero-order valence-corrected chi connectivity index (χ0v) is 22.2. The maximum atomic E-state index is 13.2. The molecule has 0 fully saturated rings. The van der Waals surface area contributed by atoms with E-state index in [2.05, 4.69) is 91.2 Å². The largest absolute Gasteiger partial charge is 0.497 e. The Labute approximate surface area is 212 Å². The molecule has 4 rings (SSSR count). The van der Waals surface area contributed by atoms with Crippen molar-refractivity contribution in [2.75, 3.05) is 7.11 Å².